The Morgan fingerprint density at radius 3 is 2.59 bits per heavy atom. The second-order valence-electron chi connectivity index (χ2n) is 5.38. The smallest absolute Gasteiger partial charge is 0.322 e. The summed E-state index contributed by atoms with van der Waals surface area (Å²) < 4.78 is 27.0. The summed E-state index contributed by atoms with van der Waals surface area (Å²) in [4.78, 5) is 11.2. The fraction of sp³-hybridized carbons (Fsp3) is 0.500. The normalized spacial score (nSPS) is 23.0. The molecule has 1 saturated heterocycles. The van der Waals surface area contributed by atoms with Gasteiger partial charge < -0.3 is 10.2 Å². The average Bonchev–Trinajstić information content (AvgIpc) is 2.89. The molecule has 0 spiro atoms. The molecule has 8 heteroatoms. The highest BCUT2D eigenvalue weighted by molar-refractivity contribution is 7.86. The monoisotopic (exact) mass is 328 g/mol. The molecule has 2 atom stereocenters. The molecular formula is C14H20N2O5S. The Morgan fingerprint density at radius 2 is 2.00 bits per heavy atom. The average molecular weight is 328 g/mol. The zero-order valence-corrected chi connectivity index (χ0v) is 13.1. The third-order valence-corrected chi connectivity index (χ3v) is 5.73. The minimum Gasteiger partial charge on any atom is -0.480 e. The summed E-state index contributed by atoms with van der Waals surface area (Å²) in [7, 11) is -2.49. The number of hydrogen-bond donors (Lipinski definition) is 2. The van der Waals surface area contributed by atoms with Gasteiger partial charge in [0.1, 0.15) is 6.04 Å². The van der Waals surface area contributed by atoms with Crippen LogP contribution < -0.4 is 0 Å². The Morgan fingerprint density at radius 1 is 1.36 bits per heavy atom. The van der Waals surface area contributed by atoms with Crippen molar-refractivity contribution in [3.8, 4) is 0 Å². The van der Waals surface area contributed by atoms with E-state index in [-0.39, 0.29) is 19.5 Å². The molecule has 1 aromatic rings. The minimum atomic E-state index is -3.91. The van der Waals surface area contributed by atoms with Crippen molar-refractivity contribution in [1.29, 1.82) is 0 Å². The summed E-state index contributed by atoms with van der Waals surface area (Å²) in [6.07, 6.45) is -0.496. The molecule has 122 valence electrons. The molecule has 22 heavy (non-hydrogen) atoms. The number of benzene rings is 1. The Hall–Kier alpha value is -1.48. The van der Waals surface area contributed by atoms with Crippen LogP contribution >= 0.6 is 0 Å². The number of nitrogens with zero attached hydrogens (tertiary/aromatic N) is 2. The lowest BCUT2D eigenvalue weighted by atomic mass is 10.2. The number of aliphatic hydroxyl groups is 1. The maximum atomic E-state index is 12.5. The van der Waals surface area contributed by atoms with Gasteiger partial charge in [0.15, 0.2) is 0 Å². The maximum Gasteiger partial charge on any atom is 0.322 e. The molecule has 7 nitrogen and oxygen atoms in total. The zero-order valence-electron chi connectivity index (χ0n) is 12.3. The van der Waals surface area contributed by atoms with Crippen LogP contribution in [0.3, 0.4) is 0 Å². The number of β-amino-alcohol motifs (C(OH)–C–C–N with tert-alkyl or cyclic N) is 1. The SMILES string of the molecule is CN(CCc1ccccc1)S(=O)(=O)N1C[C@@H](O)C[C@@H]1C(=O)O. The fourth-order valence-corrected chi connectivity index (χ4v) is 4.03. The number of carboxylic acid groups (broad SMARTS) is 1. The lowest BCUT2D eigenvalue weighted by Gasteiger charge is -2.26. The molecule has 0 amide bonds. The van der Waals surface area contributed by atoms with Crippen LogP contribution in [0.1, 0.15) is 12.0 Å². The van der Waals surface area contributed by atoms with Gasteiger partial charge in [-0.2, -0.15) is 17.0 Å². The second kappa shape index (κ2) is 6.74. The third kappa shape index (κ3) is 3.64. The number of hydrogen-bond acceptors (Lipinski definition) is 4. The van der Waals surface area contributed by atoms with Gasteiger partial charge >= 0.3 is 5.97 Å². The van der Waals surface area contributed by atoms with Gasteiger partial charge in [-0.05, 0) is 12.0 Å². The first-order valence-corrected chi connectivity index (χ1v) is 8.40. The molecule has 2 N–H and O–H groups in total. The molecule has 1 heterocycles. The molecule has 0 aromatic heterocycles. The minimum absolute atomic E-state index is 0.0823. The summed E-state index contributed by atoms with van der Waals surface area (Å²) >= 11 is 0. The van der Waals surface area contributed by atoms with Crippen molar-refractivity contribution in [3.63, 3.8) is 0 Å². The second-order valence-corrected chi connectivity index (χ2v) is 7.37. The van der Waals surface area contributed by atoms with Crippen molar-refractivity contribution >= 4 is 16.2 Å². The van der Waals surface area contributed by atoms with Crippen LogP contribution in [0.2, 0.25) is 0 Å². The number of rotatable bonds is 6. The Labute approximate surface area is 130 Å². The summed E-state index contributed by atoms with van der Waals surface area (Å²) in [5.74, 6) is -1.24. The molecule has 1 aliphatic rings. The molecule has 0 aliphatic carbocycles. The van der Waals surface area contributed by atoms with Crippen LogP contribution in [0.15, 0.2) is 30.3 Å². The van der Waals surface area contributed by atoms with E-state index >= 15 is 0 Å². The number of carboxylic acids is 1. The maximum absolute atomic E-state index is 12.5. The van der Waals surface area contributed by atoms with Crippen molar-refractivity contribution in [2.45, 2.75) is 25.0 Å². The van der Waals surface area contributed by atoms with Crippen LogP contribution in [0.5, 0.6) is 0 Å². The first kappa shape index (κ1) is 16.9. The lowest BCUT2D eigenvalue weighted by Crippen LogP contribution is -2.47. The standard InChI is InChI=1S/C14H20N2O5S/c1-15(8-7-11-5-3-2-4-6-11)22(20,21)16-10-12(17)9-13(16)14(18)19/h2-6,12-13,17H,7-10H2,1H3,(H,18,19)/t12-,13+/m0/s1. The van der Waals surface area contributed by atoms with E-state index in [1.165, 1.54) is 7.05 Å². The van der Waals surface area contributed by atoms with Crippen molar-refractivity contribution < 1.29 is 23.4 Å². The predicted molar refractivity (Wildman–Crippen MR) is 80.4 cm³/mol. The molecule has 1 fully saturated rings. The number of carbonyl (C=O) groups is 1. The van der Waals surface area contributed by atoms with E-state index in [9.17, 15) is 18.3 Å². The Balaban J connectivity index is 2.07. The topological polar surface area (TPSA) is 98.2 Å². The van der Waals surface area contributed by atoms with E-state index in [4.69, 9.17) is 5.11 Å². The quantitative estimate of drug-likeness (QED) is 0.761. The van der Waals surface area contributed by atoms with E-state index in [0.29, 0.717) is 6.42 Å². The van der Waals surface area contributed by atoms with Gasteiger partial charge in [0.05, 0.1) is 6.10 Å². The summed E-state index contributed by atoms with van der Waals surface area (Å²) in [5.41, 5.74) is 1.00. The van der Waals surface area contributed by atoms with Gasteiger partial charge in [-0.3, -0.25) is 4.79 Å². The Kier molecular flexibility index (Phi) is 5.17. The first-order valence-electron chi connectivity index (χ1n) is 7.00. The highest BCUT2D eigenvalue weighted by atomic mass is 32.2. The van der Waals surface area contributed by atoms with Gasteiger partial charge in [-0.1, -0.05) is 30.3 Å². The van der Waals surface area contributed by atoms with Gasteiger partial charge in [-0.25, -0.2) is 0 Å². The fourth-order valence-electron chi connectivity index (χ4n) is 2.49. The Bertz CT molecular complexity index is 619. The predicted octanol–water partition coefficient (Wildman–Crippen LogP) is -0.0745. The molecule has 1 aromatic carbocycles. The van der Waals surface area contributed by atoms with Crippen LogP contribution in [0.25, 0.3) is 0 Å². The van der Waals surface area contributed by atoms with Crippen LogP contribution in [0.4, 0.5) is 0 Å². The van der Waals surface area contributed by atoms with Crippen molar-refractivity contribution in [2.24, 2.45) is 0 Å². The zero-order chi connectivity index (χ0) is 16.3. The largest absolute Gasteiger partial charge is 0.480 e. The highest BCUT2D eigenvalue weighted by Crippen LogP contribution is 2.23. The van der Waals surface area contributed by atoms with E-state index in [1.54, 1.807) is 0 Å². The van der Waals surface area contributed by atoms with Crippen molar-refractivity contribution in [3.05, 3.63) is 35.9 Å². The van der Waals surface area contributed by atoms with Gasteiger partial charge in [0, 0.05) is 26.6 Å². The first-order chi connectivity index (χ1) is 10.3. The van der Waals surface area contributed by atoms with E-state index in [2.05, 4.69) is 0 Å². The molecular weight excluding hydrogens is 308 g/mol. The summed E-state index contributed by atoms with van der Waals surface area (Å²) in [6.45, 7) is 0.0558. The highest BCUT2D eigenvalue weighted by Gasteiger charge is 2.44. The van der Waals surface area contributed by atoms with E-state index < -0.39 is 28.3 Å². The molecule has 0 saturated carbocycles. The van der Waals surface area contributed by atoms with Crippen LogP contribution in [-0.4, -0.2) is 65.5 Å². The van der Waals surface area contributed by atoms with E-state index in [1.807, 2.05) is 30.3 Å². The van der Waals surface area contributed by atoms with Crippen molar-refractivity contribution in [2.75, 3.05) is 20.1 Å². The number of likely N-dealkylation sites (N-methyl/N-ethyl adjacent to an activating group) is 1. The number of aliphatic carboxylic acids is 1. The molecule has 0 radical (unpaired) electrons. The lowest BCUT2D eigenvalue weighted by molar-refractivity contribution is -0.140. The molecule has 0 bridgehead atoms. The third-order valence-electron chi connectivity index (χ3n) is 3.77. The molecule has 0 unspecified atom stereocenters. The van der Waals surface area contributed by atoms with Crippen molar-refractivity contribution in [1.82, 2.24) is 8.61 Å². The summed E-state index contributed by atoms with van der Waals surface area (Å²) in [6, 6.07) is 8.23. The summed E-state index contributed by atoms with van der Waals surface area (Å²) in [5, 5.41) is 18.7. The molecule has 1 aliphatic heterocycles. The van der Waals surface area contributed by atoms with E-state index in [0.717, 1.165) is 14.2 Å². The number of aliphatic hydroxyl groups excluding tert-OH is 1. The molecule has 2 rings (SSSR count). The van der Waals surface area contributed by atoms with Crippen LogP contribution in [-0.2, 0) is 21.4 Å². The van der Waals surface area contributed by atoms with Gasteiger partial charge in [0.25, 0.3) is 10.2 Å². The van der Waals surface area contributed by atoms with Crippen LogP contribution in [0, 0.1) is 0 Å². The van der Waals surface area contributed by atoms with Gasteiger partial charge in [0.2, 0.25) is 0 Å². The van der Waals surface area contributed by atoms with Gasteiger partial charge in [-0.15, -0.1) is 0 Å².